The van der Waals surface area contributed by atoms with E-state index in [1.54, 1.807) is 6.92 Å². The molecule has 0 aliphatic carbocycles. The van der Waals surface area contributed by atoms with Crippen LogP contribution in [0.4, 0.5) is 21.5 Å². The molecule has 3 rings (SSSR count). The van der Waals surface area contributed by atoms with Crippen LogP contribution in [0.2, 0.25) is 0 Å². The van der Waals surface area contributed by atoms with E-state index in [0.29, 0.717) is 28.3 Å². The maximum atomic E-state index is 13.1. The second-order valence-corrected chi connectivity index (χ2v) is 9.39. The topological polar surface area (TPSA) is 119 Å². The van der Waals surface area contributed by atoms with Crippen molar-refractivity contribution in [1.82, 2.24) is 0 Å². The Morgan fingerprint density at radius 1 is 1.09 bits per heavy atom. The van der Waals surface area contributed by atoms with Crippen LogP contribution in [0.5, 0.6) is 5.75 Å². The van der Waals surface area contributed by atoms with Gasteiger partial charge >= 0.3 is 0 Å². The lowest BCUT2D eigenvalue weighted by Crippen LogP contribution is -2.29. The highest BCUT2D eigenvalue weighted by Gasteiger charge is 2.18. The first-order valence-corrected chi connectivity index (χ1v) is 11.9. The van der Waals surface area contributed by atoms with Gasteiger partial charge in [0.05, 0.1) is 29.1 Å². The number of nitro benzene ring substituents is 1. The van der Waals surface area contributed by atoms with Gasteiger partial charge < -0.3 is 10.1 Å². The lowest BCUT2D eigenvalue weighted by molar-refractivity contribution is -0.384. The molecular formula is C23H22FN3O6S. The second kappa shape index (κ2) is 10.3. The van der Waals surface area contributed by atoms with Gasteiger partial charge in [-0.15, -0.1) is 0 Å². The van der Waals surface area contributed by atoms with E-state index >= 15 is 0 Å². The smallest absolute Gasteiger partial charge is 0.271 e. The molecular weight excluding hydrogens is 465 g/mol. The first kappa shape index (κ1) is 24.6. The van der Waals surface area contributed by atoms with E-state index in [2.05, 4.69) is 5.32 Å². The van der Waals surface area contributed by atoms with Crippen molar-refractivity contribution < 1.29 is 27.3 Å². The molecule has 3 aromatic rings. The summed E-state index contributed by atoms with van der Waals surface area (Å²) in [7, 11) is -3.63. The van der Waals surface area contributed by atoms with Crippen LogP contribution >= 0.6 is 0 Å². The molecule has 178 valence electrons. The third kappa shape index (κ3) is 6.51. The molecule has 0 saturated carbocycles. The highest BCUT2D eigenvalue weighted by atomic mass is 32.2. The van der Waals surface area contributed by atoms with Crippen LogP contribution in [0.3, 0.4) is 0 Å². The van der Waals surface area contributed by atoms with Crippen molar-refractivity contribution in [3.8, 4) is 5.75 Å². The zero-order chi connectivity index (χ0) is 24.9. The Morgan fingerprint density at radius 3 is 2.32 bits per heavy atom. The summed E-state index contributed by atoms with van der Waals surface area (Å²) in [5.41, 5.74) is 1.80. The second-order valence-electron chi connectivity index (χ2n) is 7.48. The Bertz CT molecular complexity index is 1300. The summed E-state index contributed by atoms with van der Waals surface area (Å²) in [6.45, 7) is 1.37. The predicted molar refractivity (Wildman–Crippen MR) is 126 cm³/mol. The molecule has 0 bridgehead atoms. The van der Waals surface area contributed by atoms with Crippen LogP contribution in [0.1, 0.15) is 11.1 Å². The number of hydrogen-bond donors (Lipinski definition) is 1. The molecule has 0 radical (unpaired) electrons. The van der Waals surface area contributed by atoms with Gasteiger partial charge in [-0.2, -0.15) is 0 Å². The fourth-order valence-corrected chi connectivity index (χ4v) is 3.95. The molecule has 0 spiro atoms. The quantitative estimate of drug-likeness (QED) is 0.360. The van der Waals surface area contributed by atoms with Crippen molar-refractivity contribution in [2.75, 3.05) is 22.5 Å². The molecule has 0 aliphatic heterocycles. The molecule has 0 aromatic heterocycles. The van der Waals surface area contributed by atoms with Gasteiger partial charge in [-0.1, -0.05) is 18.2 Å². The number of non-ortho nitro benzene ring substituents is 1. The van der Waals surface area contributed by atoms with E-state index in [1.807, 2.05) is 0 Å². The monoisotopic (exact) mass is 487 g/mol. The number of aryl methyl sites for hydroxylation is 1. The number of carbonyl (C=O) groups is 1. The molecule has 1 amide bonds. The van der Waals surface area contributed by atoms with Crippen molar-refractivity contribution in [2.24, 2.45) is 0 Å². The first-order valence-electron chi connectivity index (χ1n) is 10.0. The number of ether oxygens (including phenoxy) is 1. The van der Waals surface area contributed by atoms with E-state index < -0.39 is 26.7 Å². The van der Waals surface area contributed by atoms with Crippen molar-refractivity contribution in [2.45, 2.75) is 13.5 Å². The number of halogens is 1. The number of carbonyl (C=O) groups excluding carboxylic acids is 1. The number of sulfonamides is 1. The summed E-state index contributed by atoms with van der Waals surface area (Å²) in [6.07, 6.45) is 1.07. The summed E-state index contributed by atoms with van der Waals surface area (Å²) in [5.74, 6) is -0.604. The third-order valence-electron chi connectivity index (χ3n) is 4.84. The van der Waals surface area contributed by atoms with Crippen molar-refractivity contribution in [1.29, 1.82) is 0 Å². The molecule has 9 nitrogen and oxygen atoms in total. The van der Waals surface area contributed by atoms with E-state index in [-0.39, 0.29) is 18.8 Å². The molecule has 34 heavy (non-hydrogen) atoms. The Hall–Kier alpha value is -3.99. The van der Waals surface area contributed by atoms with Gasteiger partial charge in [-0.05, 0) is 54.4 Å². The fourth-order valence-electron chi connectivity index (χ4n) is 3.06. The largest absolute Gasteiger partial charge is 0.484 e. The highest BCUT2D eigenvalue weighted by Crippen LogP contribution is 2.25. The summed E-state index contributed by atoms with van der Waals surface area (Å²) >= 11 is 0. The van der Waals surface area contributed by atoms with Gasteiger partial charge in [0.1, 0.15) is 11.6 Å². The van der Waals surface area contributed by atoms with Crippen molar-refractivity contribution in [3.05, 3.63) is 93.8 Å². The van der Waals surface area contributed by atoms with Gasteiger partial charge in [0.25, 0.3) is 11.6 Å². The summed E-state index contributed by atoms with van der Waals surface area (Å²) < 4.78 is 44.4. The predicted octanol–water partition coefficient (Wildman–Crippen LogP) is 4.03. The van der Waals surface area contributed by atoms with Gasteiger partial charge in [-0.25, -0.2) is 12.8 Å². The zero-order valence-electron chi connectivity index (χ0n) is 18.4. The van der Waals surface area contributed by atoms with Crippen molar-refractivity contribution >= 4 is 33.0 Å². The third-order valence-corrected chi connectivity index (χ3v) is 5.98. The molecule has 3 aromatic carbocycles. The van der Waals surface area contributed by atoms with Crippen LogP contribution in [0.25, 0.3) is 0 Å². The molecule has 11 heteroatoms. The number of benzene rings is 3. The summed E-state index contributed by atoms with van der Waals surface area (Å²) in [5, 5.41) is 13.5. The van der Waals surface area contributed by atoms with Crippen LogP contribution < -0.4 is 14.4 Å². The molecule has 0 aliphatic rings. The number of rotatable bonds is 9. The van der Waals surface area contributed by atoms with Gasteiger partial charge in [-0.3, -0.25) is 19.2 Å². The maximum absolute atomic E-state index is 13.1. The minimum atomic E-state index is -3.63. The Labute approximate surface area is 196 Å². The fraction of sp³-hybridized carbons (Fsp3) is 0.174. The minimum Gasteiger partial charge on any atom is -0.484 e. The van der Waals surface area contributed by atoms with Gasteiger partial charge in [0.15, 0.2) is 6.61 Å². The molecule has 0 atom stereocenters. The Morgan fingerprint density at radius 2 is 1.74 bits per heavy atom. The summed E-state index contributed by atoms with van der Waals surface area (Å²) in [6, 6.07) is 15.8. The molecule has 0 unspecified atom stereocenters. The lowest BCUT2D eigenvalue weighted by Gasteiger charge is -2.22. The number of amides is 1. The minimum absolute atomic E-state index is 0.0181. The van der Waals surface area contributed by atoms with Crippen LogP contribution in [-0.2, 0) is 21.4 Å². The number of nitrogens with one attached hydrogen (secondary N) is 1. The van der Waals surface area contributed by atoms with Crippen LogP contribution in [0, 0.1) is 22.9 Å². The van der Waals surface area contributed by atoms with Crippen LogP contribution in [-0.4, -0.2) is 32.1 Å². The first-order chi connectivity index (χ1) is 16.0. The molecule has 0 heterocycles. The standard InChI is InChI=1S/C23H22FN3O6S/c1-16-3-8-20(27(29)30)13-22(16)25-23(28)15-33-21-11-9-19(10-12-21)26(34(2,31)32)14-17-4-6-18(24)7-5-17/h3-13H,14-15H2,1-2H3,(H,25,28). The normalized spacial score (nSPS) is 11.0. The molecule has 0 fully saturated rings. The van der Waals surface area contributed by atoms with Crippen LogP contribution in [0.15, 0.2) is 66.7 Å². The van der Waals surface area contributed by atoms with E-state index in [0.717, 1.165) is 6.26 Å². The molecule has 0 saturated heterocycles. The van der Waals surface area contributed by atoms with E-state index in [1.165, 1.54) is 71.0 Å². The zero-order valence-corrected chi connectivity index (χ0v) is 19.2. The average Bonchev–Trinajstić information content (AvgIpc) is 2.78. The average molecular weight is 488 g/mol. The summed E-state index contributed by atoms with van der Waals surface area (Å²) in [4.78, 5) is 22.6. The number of nitrogens with zero attached hydrogens (tertiary/aromatic N) is 2. The Balaban J connectivity index is 1.65. The number of anilines is 2. The number of nitro groups is 1. The van der Waals surface area contributed by atoms with Gasteiger partial charge in [0, 0.05) is 12.1 Å². The van der Waals surface area contributed by atoms with E-state index in [4.69, 9.17) is 4.74 Å². The lowest BCUT2D eigenvalue weighted by atomic mass is 10.2. The Kier molecular flexibility index (Phi) is 7.47. The number of hydrogen-bond acceptors (Lipinski definition) is 6. The van der Waals surface area contributed by atoms with Gasteiger partial charge in [0.2, 0.25) is 10.0 Å². The van der Waals surface area contributed by atoms with E-state index in [9.17, 15) is 27.7 Å². The SMILES string of the molecule is Cc1ccc([N+](=O)[O-])cc1NC(=O)COc1ccc(N(Cc2ccc(F)cc2)S(C)(=O)=O)cc1. The van der Waals surface area contributed by atoms with Crippen molar-refractivity contribution in [3.63, 3.8) is 0 Å². The highest BCUT2D eigenvalue weighted by molar-refractivity contribution is 7.92. The maximum Gasteiger partial charge on any atom is 0.271 e. The molecule has 1 N–H and O–H groups in total.